The van der Waals surface area contributed by atoms with Crippen LogP contribution in [0.5, 0.6) is 0 Å². The predicted molar refractivity (Wildman–Crippen MR) is 47.9 cm³/mol. The molecule has 0 aliphatic heterocycles. The van der Waals surface area contributed by atoms with Crippen molar-refractivity contribution in [2.24, 2.45) is 0 Å². The standard InChI is InChI=1S/C9H5NO5/c11-8(12)4-2-1-3-5-6(4)10-7(15-5)9(13)14/h1-3H,(H,11,12)(H,13,14). The smallest absolute Gasteiger partial charge is 0.392 e. The second-order valence-corrected chi connectivity index (χ2v) is 2.78. The van der Waals surface area contributed by atoms with Crippen molar-refractivity contribution in [2.45, 2.75) is 0 Å². The molecule has 6 nitrogen and oxygen atoms in total. The molecule has 2 N–H and O–H groups in total. The number of rotatable bonds is 2. The van der Waals surface area contributed by atoms with Gasteiger partial charge in [-0.15, -0.1) is 0 Å². The predicted octanol–water partition coefficient (Wildman–Crippen LogP) is 1.22. The SMILES string of the molecule is O=C(O)c1nc2c(C(=O)O)cccc2o1. The third kappa shape index (κ3) is 1.41. The Bertz CT molecular complexity index is 557. The van der Waals surface area contributed by atoms with E-state index in [1.165, 1.54) is 18.2 Å². The maximum absolute atomic E-state index is 10.8. The summed E-state index contributed by atoms with van der Waals surface area (Å²) in [6, 6.07) is 4.25. The third-order valence-corrected chi connectivity index (χ3v) is 1.83. The van der Waals surface area contributed by atoms with Crippen molar-refractivity contribution in [3.63, 3.8) is 0 Å². The van der Waals surface area contributed by atoms with Gasteiger partial charge in [-0.2, -0.15) is 0 Å². The molecule has 0 bridgehead atoms. The highest BCUT2D eigenvalue weighted by atomic mass is 16.4. The van der Waals surface area contributed by atoms with Crippen LogP contribution >= 0.6 is 0 Å². The molecule has 1 heterocycles. The fraction of sp³-hybridized carbons (Fsp3) is 0. The van der Waals surface area contributed by atoms with Gasteiger partial charge in [-0.1, -0.05) is 6.07 Å². The van der Waals surface area contributed by atoms with E-state index in [0.717, 1.165) is 0 Å². The molecule has 1 aromatic heterocycles. The Labute approximate surface area is 82.8 Å². The summed E-state index contributed by atoms with van der Waals surface area (Å²) in [5.74, 6) is -3.02. The van der Waals surface area contributed by atoms with Crippen LogP contribution < -0.4 is 0 Å². The number of hydrogen-bond acceptors (Lipinski definition) is 4. The summed E-state index contributed by atoms with van der Waals surface area (Å²) in [7, 11) is 0. The fourth-order valence-electron chi connectivity index (χ4n) is 1.21. The number of para-hydroxylation sites is 1. The number of benzene rings is 1. The highest BCUT2D eigenvalue weighted by molar-refractivity contribution is 6.01. The molecule has 0 amide bonds. The van der Waals surface area contributed by atoms with Crippen LogP contribution in [0.4, 0.5) is 0 Å². The largest absolute Gasteiger partial charge is 0.478 e. The molecule has 0 atom stereocenters. The van der Waals surface area contributed by atoms with Gasteiger partial charge in [0, 0.05) is 0 Å². The molecular weight excluding hydrogens is 202 g/mol. The van der Waals surface area contributed by atoms with Crippen LogP contribution in [-0.4, -0.2) is 27.1 Å². The second-order valence-electron chi connectivity index (χ2n) is 2.78. The third-order valence-electron chi connectivity index (χ3n) is 1.83. The fourth-order valence-corrected chi connectivity index (χ4v) is 1.21. The molecule has 0 spiro atoms. The van der Waals surface area contributed by atoms with E-state index in [9.17, 15) is 9.59 Å². The monoisotopic (exact) mass is 207 g/mol. The molecule has 0 unspecified atom stereocenters. The summed E-state index contributed by atoms with van der Waals surface area (Å²) >= 11 is 0. The summed E-state index contributed by atoms with van der Waals surface area (Å²) in [4.78, 5) is 24.9. The van der Waals surface area contributed by atoms with Crippen molar-refractivity contribution in [1.29, 1.82) is 0 Å². The number of carboxylic acid groups (broad SMARTS) is 2. The number of carboxylic acids is 2. The Morgan fingerprint density at radius 3 is 2.53 bits per heavy atom. The molecule has 0 fully saturated rings. The quantitative estimate of drug-likeness (QED) is 0.767. The molecule has 6 heteroatoms. The van der Waals surface area contributed by atoms with Gasteiger partial charge in [0.15, 0.2) is 5.58 Å². The van der Waals surface area contributed by atoms with Gasteiger partial charge in [0.2, 0.25) is 0 Å². The molecule has 0 saturated carbocycles. The molecule has 0 saturated heterocycles. The highest BCUT2D eigenvalue weighted by Gasteiger charge is 2.17. The first-order chi connectivity index (χ1) is 7.09. The molecule has 0 radical (unpaired) electrons. The number of nitrogens with zero attached hydrogens (tertiary/aromatic N) is 1. The van der Waals surface area contributed by atoms with Gasteiger partial charge in [0.1, 0.15) is 5.52 Å². The zero-order valence-electron chi connectivity index (χ0n) is 7.30. The van der Waals surface area contributed by atoms with E-state index in [1.54, 1.807) is 0 Å². The van der Waals surface area contributed by atoms with E-state index in [1.807, 2.05) is 0 Å². The number of aromatic nitrogens is 1. The van der Waals surface area contributed by atoms with Gasteiger partial charge in [0.05, 0.1) is 5.56 Å². The van der Waals surface area contributed by atoms with Crippen molar-refractivity contribution in [3.05, 3.63) is 29.7 Å². The van der Waals surface area contributed by atoms with Crippen molar-refractivity contribution in [3.8, 4) is 0 Å². The second kappa shape index (κ2) is 3.09. The molecular formula is C9H5NO5. The van der Waals surface area contributed by atoms with Crippen LogP contribution in [0.15, 0.2) is 22.6 Å². The van der Waals surface area contributed by atoms with E-state index in [0.29, 0.717) is 0 Å². The first-order valence-corrected chi connectivity index (χ1v) is 3.95. The summed E-state index contributed by atoms with van der Waals surface area (Å²) in [6.07, 6.45) is 0. The molecule has 0 aliphatic carbocycles. The van der Waals surface area contributed by atoms with Crippen LogP contribution in [0.25, 0.3) is 11.1 Å². The van der Waals surface area contributed by atoms with Crippen LogP contribution in [0.2, 0.25) is 0 Å². The van der Waals surface area contributed by atoms with E-state index in [4.69, 9.17) is 14.6 Å². The Kier molecular flexibility index (Phi) is 1.89. The van der Waals surface area contributed by atoms with Gasteiger partial charge in [-0.25, -0.2) is 14.6 Å². The summed E-state index contributed by atoms with van der Waals surface area (Å²) in [6.45, 7) is 0. The molecule has 0 aliphatic rings. The van der Waals surface area contributed by atoms with Gasteiger partial charge in [-0.05, 0) is 12.1 Å². The minimum absolute atomic E-state index is 0.0439. The first kappa shape index (κ1) is 9.20. The van der Waals surface area contributed by atoms with Gasteiger partial charge < -0.3 is 14.6 Å². The van der Waals surface area contributed by atoms with Crippen molar-refractivity contribution >= 4 is 23.0 Å². The summed E-state index contributed by atoms with van der Waals surface area (Å²) < 4.78 is 4.85. The van der Waals surface area contributed by atoms with E-state index in [2.05, 4.69) is 4.98 Å². The number of fused-ring (bicyclic) bond motifs is 1. The zero-order valence-corrected chi connectivity index (χ0v) is 7.30. The highest BCUT2D eigenvalue weighted by Crippen LogP contribution is 2.19. The molecule has 15 heavy (non-hydrogen) atoms. The average molecular weight is 207 g/mol. The summed E-state index contributed by atoms with van der Waals surface area (Å²) in [5.41, 5.74) is 0.110. The average Bonchev–Trinajstić information content (AvgIpc) is 2.60. The Balaban J connectivity index is 2.75. The molecule has 2 rings (SSSR count). The first-order valence-electron chi connectivity index (χ1n) is 3.95. The van der Waals surface area contributed by atoms with Gasteiger partial charge in [0.25, 0.3) is 0 Å². The van der Waals surface area contributed by atoms with E-state index in [-0.39, 0.29) is 16.7 Å². The molecule has 1 aromatic carbocycles. The van der Waals surface area contributed by atoms with Crippen LogP contribution in [0.3, 0.4) is 0 Å². The lowest BCUT2D eigenvalue weighted by Gasteiger charge is -1.92. The maximum atomic E-state index is 10.8. The Morgan fingerprint density at radius 1 is 1.20 bits per heavy atom. The zero-order chi connectivity index (χ0) is 11.0. The van der Waals surface area contributed by atoms with Crippen molar-refractivity contribution < 1.29 is 24.2 Å². The van der Waals surface area contributed by atoms with Gasteiger partial charge in [-0.3, -0.25) is 0 Å². The lowest BCUT2D eigenvalue weighted by atomic mass is 10.2. The van der Waals surface area contributed by atoms with E-state index < -0.39 is 17.8 Å². The Morgan fingerprint density at radius 2 is 1.93 bits per heavy atom. The normalized spacial score (nSPS) is 10.4. The topological polar surface area (TPSA) is 101 Å². The number of hydrogen-bond donors (Lipinski definition) is 2. The number of oxazole rings is 1. The number of aromatic carboxylic acids is 2. The van der Waals surface area contributed by atoms with Crippen molar-refractivity contribution in [1.82, 2.24) is 4.98 Å². The minimum atomic E-state index is -1.33. The Hall–Kier alpha value is -2.37. The number of carbonyl (C=O) groups is 2. The molecule has 76 valence electrons. The lowest BCUT2D eigenvalue weighted by Crippen LogP contribution is -1.98. The van der Waals surface area contributed by atoms with Crippen LogP contribution in [0, 0.1) is 0 Å². The lowest BCUT2D eigenvalue weighted by molar-refractivity contribution is 0.0653. The van der Waals surface area contributed by atoms with Gasteiger partial charge >= 0.3 is 17.8 Å². The van der Waals surface area contributed by atoms with Crippen LogP contribution in [0.1, 0.15) is 21.0 Å². The minimum Gasteiger partial charge on any atom is -0.478 e. The van der Waals surface area contributed by atoms with Crippen molar-refractivity contribution in [2.75, 3.05) is 0 Å². The van der Waals surface area contributed by atoms with E-state index >= 15 is 0 Å². The molecule has 2 aromatic rings. The summed E-state index contributed by atoms with van der Waals surface area (Å²) in [5, 5.41) is 17.4. The maximum Gasteiger partial charge on any atom is 0.392 e. The van der Waals surface area contributed by atoms with Crippen LogP contribution in [-0.2, 0) is 0 Å².